The van der Waals surface area contributed by atoms with Crippen LogP contribution in [0.3, 0.4) is 0 Å². The molecule has 1 saturated heterocycles. The van der Waals surface area contributed by atoms with E-state index in [1.807, 2.05) is 66.7 Å². The summed E-state index contributed by atoms with van der Waals surface area (Å²) in [5.74, 6) is -2.61. The van der Waals surface area contributed by atoms with Crippen LogP contribution in [0.5, 0.6) is 5.75 Å². The number of ether oxygens (including phenoxy) is 2. The number of aromatic nitrogens is 4. The number of nitrogens with one attached hydrogen (secondary N) is 2. The Morgan fingerprint density at radius 2 is 1.68 bits per heavy atom. The molecule has 0 aliphatic carbocycles. The number of carbonyl (C=O) groups is 1. The van der Waals surface area contributed by atoms with Crippen molar-refractivity contribution in [2.24, 2.45) is 0 Å². The zero-order valence-corrected chi connectivity index (χ0v) is 29.4. The first kappa shape index (κ1) is 35.2. The average molecular weight is 718 g/mol. The molecule has 3 N–H and O–H groups in total. The van der Waals surface area contributed by atoms with E-state index in [0.29, 0.717) is 5.75 Å². The number of amides is 1. The van der Waals surface area contributed by atoms with E-state index in [4.69, 9.17) is 18.4 Å². The summed E-state index contributed by atoms with van der Waals surface area (Å²) in [6.45, 7) is 5.66. The summed E-state index contributed by atoms with van der Waals surface area (Å²) in [4.78, 5) is 48.5. The zero-order chi connectivity index (χ0) is 35.5. The molecule has 1 aliphatic rings. The molecule has 1 amide bonds. The van der Waals surface area contributed by atoms with Crippen molar-refractivity contribution in [3.63, 3.8) is 0 Å². The summed E-state index contributed by atoms with van der Waals surface area (Å²) in [5.41, 5.74) is -0.703. The van der Waals surface area contributed by atoms with Crippen LogP contribution in [0.15, 0.2) is 102 Å². The van der Waals surface area contributed by atoms with Gasteiger partial charge in [-0.3, -0.25) is 24.5 Å². The number of nitrogens with zero attached hydrogens (tertiary/aromatic N) is 3. The molecular weight excluding hydrogens is 681 g/mol. The molecule has 6 rings (SSSR count). The van der Waals surface area contributed by atoms with Gasteiger partial charge >= 0.3 is 8.25 Å². The maximum absolute atomic E-state index is 12.9. The summed E-state index contributed by atoms with van der Waals surface area (Å²) in [7, 11) is -6.65. The maximum atomic E-state index is 12.9. The molecule has 0 radical (unpaired) electrons. The molecule has 0 spiro atoms. The molecule has 260 valence electrons. The highest BCUT2D eigenvalue weighted by Gasteiger charge is 2.57. The van der Waals surface area contributed by atoms with Crippen LogP contribution in [0.4, 0.5) is 5.95 Å². The molecule has 14 nitrogen and oxygen atoms in total. The van der Waals surface area contributed by atoms with Gasteiger partial charge in [-0.1, -0.05) is 99.6 Å². The summed E-state index contributed by atoms with van der Waals surface area (Å²) in [6.07, 6.45) is -1.48. The first-order valence-electron chi connectivity index (χ1n) is 15.8. The highest BCUT2D eigenvalue weighted by molar-refractivity contribution is 7.30. The lowest BCUT2D eigenvalue weighted by Gasteiger charge is -2.43. The number of para-hydroxylation sites is 1. The van der Waals surface area contributed by atoms with Crippen LogP contribution in [0.25, 0.3) is 11.2 Å². The van der Waals surface area contributed by atoms with Gasteiger partial charge in [-0.15, -0.1) is 4.52 Å². The lowest BCUT2D eigenvalue weighted by atomic mass is 10.1. The van der Waals surface area contributed by atoms with E-state index in [1.54, 1.807) is 24.3 Å². The van der Waals surface area contributed by atoms with Gasteiger partial charge in [0.15, 0.2) is 17.8 Å². The van der Waals surface area contributed by atoms with E-state index in [1.165, 1.54) is 10.9 Å². The fourth-order valence-electron chi connectivity index (χ4n) is 6.28. The van der Waals surface area contributed by atoms with Crippen LogP contribution in [-0.4, -0.2) is 64.0 Å². The summed E-state index contributed by atoms with van der Waals surface area (Å²) in [6, 6.07) is 28.3. The normalized spacial score (nSPS) is 19.7. The highest BCUT2D eigenvalue weighted by Crippen LogP contribution is 2.44. The van der Waals surface area contributed by atoms with Gasteiger partial charge in [0.1, 0.15) is 18.1 Å². The van der Waals surface area contributed by atoms with E-state index in [9.17, 15) is 24.2 Å². The van der Waals surface area contributed by atoms with E-state index < -0.39 is 51.2 Å². The second-order valence-electron chi connectivity index (χ2n) is 12.8. The number of carbonyl (C=O) groups excluding carboxylic acids is 1. The van der Waals surface area contributed by atoms with E-state index in [0.717, 1.165) is 10.4 Å². The molecule has 1 aliphatic heterocycles. The van der Waals surface area contributed by atoms with Gasteiger partial charge in [-0.25, -0.2) is 4.98 Å². The largest absolute Gasteiger partial charge is 0.566 e. The van der Waals surface area contributed by atoms with Crippen molar-refractivity contribution in [1.82, 2.24) is 19.5 Å². The van der Waals surface area contributed by atoms with Gasteiger partial charge in [0.05, 0.1) is 19.4 Å². The van der Waals surface area contributed by atoms with Crippen molar-refractivity contribution in [2.75, 3.05) is 18.5 Å². The minimum atomic E-state index is -3.52. The quantitative estimate of drug-likeness (QED) is 0.0978. The molecule has 4 atom stereocenters. The number of aromatic amines is 1. The summed E-state index contributed by atoms with van der Waals surface area (Å²) in [5, 5.41) is 15.7. The smallest absolute Gasteiger partial charge is 0.491 e. The van der Waals surface area contributed by atoms with Crippen molar-refractivity contribution in [1.29, 1.82) is 0 Å². The predicted molar refractivity (Wildman–Crippen MR) is 184 cm³/mol. The lowest BCUT2D eigenvalue weighted by molar-refractivity contribution is -0.239. The number of benzene rings is 3. The van der Waals surface area contributed by atoms with Crippen LogP contribution in [0.2, 0.25) is 5.04 Å². The highest BCUT2D eigenvalue weighted by atomic mass is 31.1. The SMILES string of the molecule is CC(C)(C)[Si](OC[C@H]1O[C@@H](n2cnc3c(=O)[nH]c(NC(=O)COc4ccccc4)nc32)C[C@@]1(O)O[P+](=O)[O-])(c1ccccc1)c1ccccc1. The number of imidazole rings is 1. The van der Waals surface area contributed by atoms with Crippen molar-refractivity contribution in [3.8, 4) is 5.75 Å². The molecule has 0 saturated carbocycles. The second kappa shape index (κ2) is 14.3. The third-order valence-corrected chi connectivity index (χ3v) is 14.0. The summed E-state index contributed by atoms with van der Waals surface area (Å²) >= 11 is 0. The van der Waals surface area contributed by atoms with Gasteiger partial charge in [0, 0.05) is 0 Å². The van der Waals surface area contributed by atoms with Crippen LogP contribution >= 0.6 is 8.25 Å². The van der Waals surface area contributed by atoms with E-state index in [2.05, 4.69) is 41.0 Å². The zero-order valence-electron chi connectivity index (χ0n) is 27.5. The fraction of sp³-hybridized carbons (Fsp3) is 0.294. The van der Waals surface area contributed by atoms with Gasteiger partial charge in [0.25, 0.3) is 25.6 Å². The Balaban J connectivity index is 1.29. The topological polar surface area (TPSA) is 190 Å². The van der Waals surface area contributed by atoms with E-state index in [-0.39, 0.29) is 36.7 Å². The van der Waals surface area contributed by atoms with E-state index >= 15 is 0 Å². The third-order valence-electron chi connectivity index (χ3n) is 8.51. The van der Waals surface area contributed by atoms with Gasteiger partial charge in [-0.2, -0.15) is 4.98 Å². The molecule has 5 aromatic rings. The Labute approximate surface area is 289 Å². The number of anilines is 1. The molecule has 3 aromatic carbocycles. The van der Waals surface area contributed by atoms with Crippen LogP contribution < -0.4 is 30.9 Å². The first-order chi connectivity index (χ1) is 23.9. The molecule has 1 unspecified atom stereocenters. The second-order valence-corrected chi connectivity index (χ2v) is 17.7. The Kier molecular flexibility index (Phi) is 10.1. The van der Waals surface area contributed by atoms with Crippen molar-refractivity contribution < 1.29 is 37.8 Å². The molecule has 3 heterocycles. The maximum Gasteiger partial charge on any atom is 0.491 e. The Hall–Kier alpha value is -4.60. The monoisotopic (exact) mass is 717 g/mol. The number of fused-ring (bicyclic) bond motifs is 1. The van der Waals surface area contributed by atoms with Crippen LogP contribution in [-0.2, 0) is 23.0 Å². The van der Waals surface area contributed by atoms with Crippen molar-refractivity contribution in [3.05, 3.63) is 108 Å². The van der Waals surface area contributed by atoms with Crippen molar-refractivity contribution >= 4 is 50.0 Å². The van der Waals surface area contributed by atoms with Crippen molar-refractivity contribution in [2.45, 2.75) is 50.3 Å². The number of rotatable bonds is 12. The standard InChI is InChI=1S/C34H36N5O9PSi/c1-33(2,3)50(24-15-9-5-10-16-24,25-17-11-6-12-18-25)46-20-26-34(42,48-49(43)44)19-28(47-26)39-22-35-29-30(39)37-32(38-31(29)41)36-27(40)21-45-23-13-7-4-8-14-23/h4-18,22,26,28,42H,19-21H2,1-3H3,(H2,36,37,38,40,41)/t26-,28-,34-/m1/s1. The number of hydrogen-bond donors (Lipinski definition) is 3. The third kappa shape index (κ3) is 7.16. The molecule has 50 heavy (non-hydrogen) atoms. The minimum Gasteiger partial charge on any atom is -0.566 e. The number of H-pyrrole nitrogens is 1. The fourth-order valence-corrected chi connectivity index (χ4v) is 11.3. The molecule has 16 heteroatoms. The number of aliphatic hydroxyl groups is 1. The Bertz CT molecular complexity index is 1990. The van der Waals surface area contributed by atoms with Gasteiger partial charge in [0.2, 0.25) is 5.95 Å². The average Bonchev–Trinajstić information content (AvgIpc) is 3.65. The minimum absolute atomic E-state index is 0.0143. The molecular formula is C34H36N5O9PSi. The Morgan fingerprint density at radius 1 is 1.08 bits per heavy atom. The molecule has 2 aromatic heterocycles. The molecule has 1 fully saturated rings. The van der Waals surface area contributed by atoms with Gasteiger partial charge < -0.3 is 23.9 Å². The van der Waals surface area contributed by atoms with Crippen LogP contribution in [0.1, 0.15) is 33.4 Å². The van der Waals surface area contributed by atoms with Gasteiger partial charge in [-0.05, 0) is 32.1 Å². The lowest BCUT2D eigenvalue weighted by Crippen LogP contribution is -2.67. The first-order valence-corrected chi connectivity index (χ1v) is 18.8. The Morgan fingerprint density at radius 3 is 2.26 bits per heavy atom. The predicted octanol–water partition coefficient (Wildman–Crippen LogP) is 2.72. The van der Waals surface area contributed by atoms with Crippen LogP contribution in [0, 0.1) is 0 Å². The number of hydrogen-bond acceptors (Lipinski definition) is 11. The molecule has 0 bridgehead atoms. The summed E-state index contributed by atoms with van der Waals surface area (Å²) < 4.78 is 37.1.